The molecule has 0 aromatic heterocycles. The largest absolute Gasteiger partial charge is 0.354 e. The lowest BCUT2D eigenvalue weighted by molar-refractivity contribution is -0.121. The molecule has 0 heterocycles. The van der Waals surface area contributed by atoms with Gasteiger partial charge in [0.2, 0.25) is 5.91 Å². The molecule has 0 aliphatic rings. The Balaban J connectivity index is 2.58. The number of amides is 1. The summed E-state index contributed by atoms with van der Waals surface area (Å²) in [5.74, 6) is -0.0394. The van der Waals surface area contributed by atoms with Crippen LogP contribution in [0.5, 0.6) is 0 Å². The van der Waals surface area contributed by atoms with E-state index in [1.165, 1.54) is 0 Å². The van der Waals surface area contributed by atoms with Crippen LogP contribution in [-0.4, -0.2) is 11.9 Å². The molecule has 1 rings (SSSR count). The molecule has 1 aromatic rings. The predicted octanol–water partition coefficient (Wildman–Crippen LogP) is 2.25. The Hall–Kier alpha value is -1.06. The molecule has 0 aliphatic carbocycles. The second kappa shape index (κ2) is 5.87. The number of hydrogen-bond donors (Lipinski definition) is 2. The first-order valence-electron chi connectivity index (χ1n) is 5.29. The second-order valence-electron chi connectivity index (χ2n) is 4.09. The van der Waals surface area contributed by atoms with Crippen LogP contribution >= 0.6 is 11.6 Å². The van der Waals surface area contributed by atoms with E-state index in [-0.39, 0.29) is 24.4 Å². The SMILES string of the molecule is CC(C)NC(=O)CC(N)c1cccc(Cl)c1. The third-order valence-electron chi connectivity index (χ3n) is 2.13. The molecular formula is C12H17ClN2O. The third kappa shape index (κ3) is 4.21. The van der Waals surface area contributed by atoms with Gasteiger partial charge in [0.1, 0.15) is 0 Å². The lowest BCUT2D eigenvalue weighted by atomic mass is 10.0. The Labute approximate surface area is 101 Å². The van der Waals surface area contributed by atoms with Crippen LogP contribution in [0.15, 0.2) is 24.3 Å². The molecule has 0 saturated carbocycles. The number of carbonyl (C=O) groups excluding carboxylic acids is 1. The van der Waals surface area contributed by atoms with Crippen LogP contribution in [0.25, 0.3) is 0 Å². The Kier molecular flexibility index (Phi) is 4.77. The van der Waals surface area contributed by atoms with Crippen LogP contribution in [0.1, 0.15) is 31.9 Å². The van der Waals surface area contributed by atoms with Crippen molar-refractivity contribution in [3.8, 4) is 0 Å². The average molecular weight is 241 g/mol. The lowest BCUT2D eigenvalue weighted by Gasteiger charge is -2.14. The Bertz CT molecular complexity index is 366. The van der Waals surface area contributed by atoms with Gasteiger partial charge in [-0.15, -0.1) is 0 Å². The Morgan fingerprint density at radius 3 is 2.75 bits per heavy atom. The number of benzene rings is 1. The normalized spacial score (nSPS) is 12.6. The first kappa shape index (κ1) is 13.0. The van der Waals surface area contributed by atoms with Gasteiger partial charge in [0.15, 0.2) is 0 Å². The quantitative estimate of drug-likeness (QED) is 0.848. The molecule has 16 heavy (non-hydrogen) atoms. The van der Waals surface area contributed by atoms with Crippen LogP contribution in [0, 0.1) is 0 Å². The molecule has 1 amide bonds. The van der Waals surface area contributed by atoms with Crippen molar-refractivity contribution >= 4 is 17.5 Å². The molecule has 1 atom stereocenters. The second-order valence-corrected chi connectivity index (χ2v) is 4.52. The molecule has 0 fully saturated rings. The lowest BCUT2D eigenvalue weighted by Crippen LogP contribution is -2.32. The van der Waals surface area contributed by atoms with Gasteiger partial charge in [0.25, 0.3) is 0 Å². The van der Waals surface area contributed by atoms with Crippen LogP contribution in [-0.2, 0) is 4.79 Å². The van der Waals surface area contributed by atoms with Gasteiger partial charge < -0.3 is 11.1 Å². The van der Waals surface area contributed by atoms with E-state index >= 15 is 0 Å². The van der Waals surface area contributed by atoms with Crippen molar-refractivity contribution in [2.75, 3.05) is 0 Å². The van der Waals surface area contributed by atoms with Crippen molar-refractivity contribution in [2.45, 2.75) is 32.4 Å². The number of halogens is 1. The zero-order valence-electron chi connectivity index (χ0n) is 9.53. The van der Waals surface area contributed by atoms with Crippen LogP contribution < -0.4 is 11.1 Å². The zero-order chi connectivity index (χ0) is 12.1. The molecule has 4 heteroatoms. The predicted molar refractivity (Wildman–Crippen MR) is 66.3 cm³/mol. The summed E-state index contributed by atoms with van der Waals surface area (Å²) < 4.78 is 0. The van der Waals surface area contributed by atoms with E-state index in [0.717, 1.165) is 5.56 Å². The van der Waals surface area contributed by atoms with E-state index in [4.69, 9.17) is 17.3 Å². The first-order chi connectivity index (χ1) is 7.49. The fraction of sp³-hybridized carbons (Fsp3) is 0.417. The van der Waals surface area contributed by atoms with Gasteiger partial charge in [-0.25, -0.2) is 0 Å². The minimum Gasteiger partial charge on any atom is -0.354 e. The van der Waals surface area contributed by atoms with E-state index in [2.05, 4.69) is 5.32 Å². The topological polar surface area (TPSA) is 55.1 Å². The van der Waals surface area contributed by atoms with E-state index in [0.29, 0.717) is 5.02 Å². The molecule has 1 aromatic carbocycles. The van der Waals surface area contributed by atoms with Crippen molar-refractivity contribution < 1.29 is 4.79 Å². The summed E-state index contributed by atoms with van der Waals surface area (Å²) in [4.78, 5) is 11.5. The summed E-state index contributed by atoms with van der Waals surface area (Å²) >= 11 is 5.85. The fourth-order valence-electron chi connectivity index (χ4n) is 1.44. The molecule has 3 nitrogen and oxygen atoms in total. The minimum absolute atomic E-state index is 0.0394. The number of nitrogens with two attached hydrogens (primary N) is 1. The highest BCUT2D eigenvalue weighted by atomic mass is 35.5. The Morgan fingerprint density at radius 2 is 2.19 bits per heavy atom. The molecule has 0 spiro atoms. The molecule has 0 radical (unpaired) electrons. The van der Waals surface area contributed by atoms with Gasteiger partial charge in [-0.3, -0.25) is 4.79 Å². The van der Waals surface area contributed by atoms with Crippen molar-refractivity contribution in [3.63, 3.8) is 0 Å². The van der Waals surface area contributed by atoms with Gasteiger partial charge >= 0.3 is 0 Å². The maximum Gasteiger partial charge on any atom is 0.222 e. The molecule has 0 saturated heterocycles. The summed E-state index contributed by atoms with van der Waals surface area (Å²) in [6, 6.07) is 7.11. The van der Waals surface area contributed by atoms with Gasteiger partial charge in [-0.1, -0.05) is 23.7 Å². The van der Waals surface area contributed by atoms with E-state index in [1.54, 1.807) is 12.1 Å². The summed E-state index contributed by atoms with van der Waals surface area (Å²) in [7, 11) is 0. The van der Waals surface area contributed by atoms with Gasteiger partial charge in [-0.05, 0) is 31.5 Å². The molecule has 88 valence electrons. The smallest absolute Gasteiger partial charge is 0.222 e. The van der Waals surface area contributed by atoms with Gasteiger partial charge in [-0.2, -0.15) is 0 Å². The van der Waals surface area contributed by atoms with Crippen LogP contribution in [0.2, 0.25) is 5.02 Å². The molecule has 0 bridgehead atoms. The van der Waals surface area contributed by atoms with E-state index in [9.17, 15) is 4.79 Å². The minimum atomic E-state index is -0.308. The summed E-state index contributed by atoms with van der Waals surface area (Å²) in [5, 5.41) is 3.44. The van der Waals surface area contributed by atoms with Crippen molar-refractivity contribution in [1.29, 1.82) is 0 Å². The monoisotopic (exact) mass is 240 g/mol. The fourth-order valence-corrected chi connectivity index (χ4v) is 1.63. The molecule has 1 unspecified atom stereocenters. The summed E-state index contributed by atoms with van der Waals surface area (Å²) in [5.41, 5.74) is 6.80. The number of carbonyl (C=O) groups is 1. The highest BCUT2D eigenvalue weighted by Crippen LogP contribution is 2.18. The maximum atomic E-state index is 11.5. The number of nitrogens with one attached hydrogen (secondary N) is 1. The summed E-state index contributed by atoms with van der Waals surface area (Å²) in [6.07, 6.45) is 0.276. The molecule has 0 aliphatic heterocycles. The Morgan fingerprint density at radius 1 is 1.50 bits per heavy atom. The van der Waals surface area contributed by atoms with Crippen molar-refractivity contribution in [2.24, 2.45) is 5.73 Å². The standard InChI is InChI=1S/C12H17ClN2O/c1-8(2)15-12(16)7-11(14)9-4-3-5-10(13)6-9/h3-6,8,11H,7,14H2,1-2H3,(H,15,16). The van der Waals surface area contributed by atoms with Crippen LogP contribution in [0.4, 0.5) is 0 Å². The van der Waals surface area contributed by atoms with Gasteiger partial charge in [0.05, 0.1) is 0 Å². The molecule has 3 N–H and O–H groups in total. The third-order valence-corrected chi connectivity index (χ3v) is 2.37. The van der Waals surface area contributed by atoms with E-state index in [1.807, 2.05) is 26.0 Å². The first-order valence-corrected chi connectivity index (χ1v) is 5.67. The van der Waals surface area contributed by atoms with E-state index < -0.39 is 0 Å². The zero-order valence-corrected chi connectivity index (χ0v) is 10.3. The van der Waals surface area contributed by atoms with Crippen molar-refractivity contribution in [1.82, 2.24) is 5.32 Å². The maximum absolute atomic E-state index is 11.5. The number of hydrogen-bond acceptors (Lipinski definition) is 2. The van der Waals surface area contributed by atoms with Gasteiger partial charge in [0, 0.05) is 23.5 Å². The van der Waals surface area contributed by atoms with Crippen LogP contribution in [0.3, 0.4) is 0 Å². The van der Waals surface area contributed by atoms with Crippen molar-refractivity contribution in [3.05, 3.63) is 34.9 Å². The number of rotatable bonds is 4. The summed E-state index contributed by atoms with van der Waals surface area (Å²) in [6.45, 7) is 3.84. The highest BCUT2D eigenvalue weighted by Gasteiger charge is 2.12. The molecular weight excluding hydrogens is 224 g/mol. The highest BCUT2D eigenvalue weighted by molar-refractivity contribution is 6.30. The average Bonchev–Trinajstić information content (AvgIpc) is 2.16.